The van der Waals surface area contributed by atoms with E-state index in [2.05, 4.69) is 59.8 Å². The predicted molar refractivity (Wildman–Crippen MR) is 188 cm³/mol. The molecule has 0 amide bonds. The molecule has 11 heteroatoms. The molecule has 0 aliphatic heterocycles. The Labute approximate surface area is 279 Å². The molecule has 0 bridgehead atoms. The molecule has 0 saturated carbocycles. The SMILES string of the molecule is CSc1ncc(Cc2cc(Cl)c(C)cc2C(C)C)c(Cl)n1.CSc1ncc(Cc2cc(Cl)c(C)cc2C(C)C)c(N)n1.N. The van der Waals surface area contributed by atoms with Crippen molar-refractivity contribution in [3.05, 3.63) is 96.4 Å². The van der Waals surface area contributed by atoms with Gasteiger partial charge in [-0.3, -0.25) is 0 Å². The van der Waals surface area contributed by atoms with Crippen molar-refractivity contribution >= 4 is 64.1 Å². The van der Waals surface area contributed by atoms with Gasteiger partial charge < -0.3 is 11.9 Å². The molecule has 0 aliphatic rings. The van der Waals surface area contributed by atoms with Crippen LogP contribution >= 0.6 is 58.3 Å². The van der Waals surface area contributed by atoms with E-state index in [1.54, 1.807) is 6.20 Å². The maximum atomic E-state index is 6.28. The molecule has 4 rings (SSSR count). The normalized spacial score (nSPS) is 10.9. The number of aryl methyl sites for hydroxylation is 2. The Morgan fingerprint density at radius 2 is 1.09 bits per heavy atom. The van der Waals surface area contributed by atoms with E-state index in [-0.39, 0.29) is 6.15 Å². The van der Waals surface area contributed by atoms with Crippen LogP contribution in [0.1, 0.15) is 84.0 Å². The summed E-state index contributed by atoms with van der Waals surface area (Å²) >= 11 is 21.8. The molecule has 0 fully saturated rings. The standard InChI is InChI=1S/C16H18Cl2N2S.C16H20ClN3S.H3N/c2*1-9(2)13-5-10(3)14(17)7-11(13)6-12-8-19-16(21-4)20-15(12)18;/h5,7-9H,6H2,1-4H3;5,7-9H,6H2,1-4H3,(H2,18,19,20);1H3. The first-order valence-electron chi connectivity index (χ1n) is 13.6. The summed E-state index contributed by atoms with van der Waals surface area (Å²) in [6, 6.07) is 8.39. The van der Waals surface area contributed by atoms with Gasteiger partial charge in [-0.1, -0.05) is 98.2 Å². The highest BCUT2D eigenvalue weighted by Crippen LogP contribution is 2.31. The van der Waals surface area contributed by atoms with Gasteiger partial charge in [0.1, 0.15) is 11.0 Å². The fourth-order valence-corrected chi connectivity index (χ4v) is 5.81. The van der Waals surface area contributed by atoms with Crippen molar-refractivity contribution in [1.82, 2.24) is 26.1 Å². The molecule has 0 atom stereocenters. The van der Waals surface area contributed by atoms with Crippen LogP contribution in [0.2, 0.25) is 15.2 Å². The molecule has 2 aromatic carbocycles. The lowest BCUT2D eigenvalue weighted by Crippen LogP contribution is -2.04. The predicted octanol–water partition coefficient (Wildman–Crippen LogP) is 10.1. The van der Waals surface area contributed by atoms with Crippen molar-refractivity contribution in [3.63, 3.8) is 0 Å². The average Bonchev–Trinajstić information content (AvgIpc) is 2.94. The molecule has 5 N–H and O–H groups in total. The second-order valence-corrected chi connectivity index (χ2v) is 13.4. The van der Waals surface area contributed by atoms with Crippen LogP contribution in [-0.4, -0.2) is 32.4 Å². The molecular weight excluding hydrogens is 639 g/mol. The number of halogens is 3. The molecule has 232 valence electrons. The largest absolute Gasteiger partial charge is 0.383 e. The van der Waals surface area contributed by atoms with Gasteiger partial charge in [0.05, 0.1) is 0 Å². The van der Waals surface area contributed by atoms with E-state index in [1.165, 1.54) is 45.8 Å². The van der Waals surface area contributed by atoms with E-state index >= 15 is 0 Å². The van der Waals surface area contributed by atoms with Crippen LogP contribution in [0.3, 0.4) is 0 Å². The van der Waals surface area contributed by atoms with Crippen LogP contribution in [0.25, 0.3) is 0 Å². The Morgan fingerprint density at radius 1 is 0.674 bits per heavy atom. The van der Waals surface area contributed by atoms with E-state index in [9.17, 15) is 0 Å². The molecule has 0 spiro atoms. The number of hydrogen-bond acceptors (Lipinski definition) is 8. The monoisotopic (exact) mass is 678 g/mol. The summed E-state index contributed by atoms with van der Waals surface area (Å²) in [5, 5.41) is 3.47. The molecule has 0 saturated heterocycles. The van der Waals surface area contributed by atoms with Crippen molar-refractivity contribution in [2.24, 2.45) is 0 Å². The zero-order valence-corrected chi connectivity index (χ0v) is 30.0. The molecule has 6 nitrogen and oxygen atoms in total. The van der Waals surface area contributed by atoms with E-state index in [4.69, 9.17) is 40.5 Å². The highest BCUT2D eigenvalue weighted by atomic mass is 35.5. The Morgan fingerprint density at radius 3 is 1.49 bits per heavy atom. The third-order valence-corrected chi connectivity index (χ3v) is 9.14. The van der Waals surface area contributed by atoms with Crippen molar-refractivity contribution in [3.8, 4) is 0 Å². The third kappa shape index (κ3) is 9.96. The third-order valence-electron chi connectivity index (χ3n) is 6.88. The number of nitrogens with zero attached hydrogens (tertiary/aromatic N) is 4. The van der Waals surface area contributed by atoms with Crippen molar-refractivity contribution in [2.45, 2.75) is 76.5 Å². The second kappa shape index (κ2) is 16.8. The van der Waals surface area contributed by atoms with Gasteiger partial charge in [0.15, 0.2) is 10.3 Å². The minimum absolute atomic E-state index is 0. The van der Waals surface area contributed by atoms with Crippen LogP contribution in [0.15, 0.2) is 47.0 Å². The van der Waals surface area contributed by atoms with Crippen LogP contribution in [-0.2, 0) is 12.8 Å². The topological polar surface area (TPSA) is 113 Å². The summed E-state index contributed by atoms with van der Waals surface area (Å²) in [7, 11) is 0. The van der Waals surface area contributed by atoms with Gasteiger partial charge in [0, 0.05) is 46.4 Å². The van der Waals surface area contributed by atoms with Gasteiger partial charge in [-0.05, 0) is 83.7 Å². The van der Waals surface area contributed by atoms with Crippen molar-refractivity contribution in [1.29, 1.82) is 0 Å². The molecule has 0 aliphatic carbocycles. The summed E-state index contributed by atoms with van der Waals surface area (Å²) in [4.78, 5) is 17.2. The second-order valence-electron chi connectivity index (χ2n) is 10.7. The zero-order chi connectivity index (χ0) is 31.1. The first kappa shape index (κ1) is 37.1. The van der Waals surface area contributed by atoms with Gasteiger partial charge in [0.2, 0.25) is 0 Å². The molecule has 2 heterocycles. The van der Waals surface area contributed by atoms with Gasteiger partial charge >= 0.3 is 0 Å². The molecular formula is C32H41Cl3N6S2. The number of rotatable bonds is 8. The molecule has 2 aromatic heterocycles. The number of thioether (sulfide) groups is 2. The van der Waals surface area contributed by atoms with Crippen molar-refractivity contribution in [2.75, 3.05) is 18.2 Å². The summed E-state index contributed by atoms with van der Waals surface area (Å²) in [5.74, 6) is 1.41. The van der Waals surface area contributed by atoms with E-state index < -0.39 is 0 Å². The zero-order valence-electron chi connectivity index (χ0n) is 26.1. The van der Waals surface area contributed by atoms with Crippen molar-refractivity contribution < 1.29 is 0 Å². The number of nitrogens with two attached hydrogens (primary N) is 1. The van der Waals surface area contributed by atoms with E-state index in [0.717, 1.165) is 32.3 Å². The van der Waals surface area contributed by atoms with Gasteiger partial charge in [-0.25, -0.2) is 19.9 Å². The number of nitrogen functional groups attached to an aromatic ring is 1. The quantitative estimate of drug-likeness (QED) is 0.107. The summed E-state index contributed by atoms with van der Waals surface area (Å²) in [6.45, 7) is 12.8. The molecule has 4 aromatic rings. The Kier molecular flexibility index (Phi) is 14.5. The fraction of sp³-hybridized carbons (Fsp3) is 0.375. The average molecular weight is 680 g/mol. The number of anilines is 1. The molecule has 0 unspecified atom stereocenters. The van der Waals surface area contributed by atoms with Crippen LogP contribution in [0.5, 0.6) is 0 Å². The lowest BCUT2D eigenvalue weighted by molar-refractivity contribution is 0.842. The lowest BCUT2D eigenvalue weighted by Gasteiger charge is -2.16. The van der Waals surface area contributed by atoms with Gasteiger partial charge in [-0.2, -0.15) is 0 Å². The maximum absolute atomic E-state index is 6.28. The first-order chi connectivity index (χ1) is 19.8. The smallest absolute Gasteiger partial charge is 0.189 e. The molecule has 43 heavy (non-hydrogen) atoms. The Bertz CT molecular complexity index is 1430. The van der Waals surface area contributed by atoms with Gasteiger partial charge in [-0.15, -0.1) is 0 Å². The Hall–Kier alpha value is -2.07. The van der Waals surface area contributed by atoms with Gasteiger partial charge in [0.25, 0.3) is 0 Å². The Balaban J connectivity index is 0.000000293. The molecule has 0 radical (unpaired) electrons. The number of hydrogen-bond donors (Lipinski definition) is 2. The highest BCUT2D eigenvalue weighted by Gasteiger charge is 2.14. The van der Waals surface area contributed by atoms with E-state index in [1.807, 2.05) is 44.7 Å². The van der Waals surface area contributed by atoms with E-state index in [0.29, 0.717) is 46.0 Å². The number of aromatic nitrogens is 4. The number of benzene rings is 2. The summed E-state index contributed by atoms with van der Waals surface area (Å²) < 4.78 is 0. The van der Waals surface area contributed by atoms with Crippen LogP contribution < -0.4 is 11.9 Å². The summed E-state index contributed by atoms with van der Waals surface area (Å²) in [5.41, 5.74) is 15.1. The lowest BCUT2D eigenvalue weighted by atomic mass is 9.92. The first-order valence-corrected chi connectivity index (χ1v) is 17.2. The van der Waals surface area contributed by atoms with Crippen LogP contribution in [0, 0.1) is 13.8 Å². The van der Waals surface area contributed by atoms with Crippen LogP contribution in [0.4, 0.5) is 5.82 Å². The highest BCUT2D eigenvalue weighted by molar-refractivity contribution is 7.98. The minimum atomic E-state index is 0. The maximum Gasteiger partial charge on any atom is 0.189 e. The summed E-state index contributed by atoms with van der Waals surface area (Å²) in [6.07, 6.45) is 8.88. The fourth-order valence-electron chi connectivity index (χ4n) is 4.51. The minimum Gasteiger partial charge on any atom is -0.383 e.